The van der Waals surface area contributed by atoms with Gasteiger partial charge in [-0.2, -0.15) is 37.3 Å². The van der Waals surface area contributed by atoms with Gasteiger partial charge in [-0.25, -0.2) is 4.79 Å². The molecule has 43 heavy (non-hydrogen) atoms. The van der Waals surface area contributed by atoms with Crippen molar-refractivity contribution in [3.8, 4) is 0 Å². The van der Waals surface area contributed by atoms with Gasteiger partial charge in [0.2, 0.25) is 12.1 Å². The van der Waals surface area contributed by atoms with E-state index in [1.165, 1.54) is 17.2 Å². The fraction of sp³-hybridized carbons (Fsp3) is 0.452. The van der Waals surface area contributed by atoms with Gasteiger partial charge in [0, 0.05) is 29.4 Å². The molecule has 1 fully saturated rings. The van der Waals surface area contributed by atoms with E-state index in [0.717, 1.165) is 42.7 Å². The summed E-state index contributed by atoms with van der Waals surface area (Å²) < 4.78 is 34.3. The zero-order valence-electron chi connectivity index (χ0n) is 23.7. The lowest BCUT2D eigenvalue weighted by atomic mass is 10.1. The topological polar surface area (TPSA) is 114 Å². The monoisotopic (exact) mass is 633 g/mol. The molecule has 1 aliphatic rings. The van der Waals surface area contributed by atoms with Crippen LogP contribution in [0.5, 0.6) is 0 Å². The van der Waals surface area contributed by atoms with Crippen molar-refractivity contribution in [2.24, 2.45) is 0 Å². The third kappa shape index (κ3) is 9.61. The van der Waals surface area contributed by atoms with E-state index in [9.17, 15) is 23.5 Å². The maximum atomic E-state index is 14.4. The van der Waals surface area contributed by atoms with Crippen LogP contribution in [0.4, 0.5) is 14.6 Å². The highest BCUT2D eigenvalue weighted by Crippen LogP contribution is 2.42. The van der Waals surface area contributed by atoms with E-state index in [4.69, 9.17) is 9.84 Å². The second kappa shape index (κ2) is 16.3. The molecular weight excluding hydrogens is 596 g/mol. The van der Waals surface area contributed by atoms with Crippen LogP contribution >= 0.6 is 23.5 Å². The number of nitrogens with one attached hydrogen (secondary N) is 1. The second-order valence-electron chi connectivity index (χ2n) is 10.4. The molecule has 0 aliphatic carbocycles. The van der Waals surface area contributed by atoms with E-state index in [-0.39, 0.29) is 18.1 Å². The number of halogens is 2. The summed E-state index contributed by atoms with van der Waals surface area (Å²) in [6.07, 6.45) is -1.09. The summed E-state index contributed by atoms with van der Waals surface area (Å²) >= 11 is 3.87. The first kappa shape index (κ1) is 33.1. The SMILES string of the molecule is O=C(CCCCC(CCSCc1ccccc1)SCc1ccccc1)Nc1ccn(C2OC(CO)C(O)C2(F)F)c(=O)n1. The number of carbonyl (C=O) groups is 1. The number of amides is 1. The molecule has 1 amide bonds. The molecule has 0 spiro atoms. The second-order valence-corrected chi connectivity index (χ2v) is 12.8. The molecule has 0 bridgehead atoms. The van der Waals surface area contributed by atoms with Gasteiger partial charge < -0.3 is 20.3 Å². The number of rotatable bonds is 16. The van der Waals surface area contributed by atoms with E-state index in [2.05, 4.69) is 46.7 Å². The Kier molecular flexibility index (Phi) is 12.6. The van der Waals surface area contributed by atoms with Gasteiger partial charge in [0.1, 0.15) is 11.9 Å². The number of hydrogen-bond donors (Lipinski definition) is 3. The van der Waals surface area contributed by atoms with E-state index in [0.29, 0.717) is 16.2 Å². The van der Waals surface area contributed by atoms with Crippen LogP contribution in [-0.4, -0.2) is 61.4 Å². The Bertz CT molecular complexity index is 1350. The normalized spacial score (nSPS) is 20.1. The molecule has 3 N–H and O–H groups in total. The van der Waals surface area contributed by atoms with Gasteiger partial charge in [0.25, 0.3) is 0 Å². The number of anilines is 1. The summed E-state index contributed by atoms with van der Waals surface area (Å²) in [5.74, 6) is -1.22. The summed E-state index contributed by atoms with van der Waals surface area (Å²) in [5, 5.41) is 21.9. The van der Waals surface area contributed by atoms with E-state index in [1.807, 2.05) is 47.8 Å². The molecule has 1 aromatic heterocycles. The molecule has 3 aromatic rings. The molecule has 2 aromatic carbocycles. The first-order valence-corrected chi connectivity index (χ1v) is 16.5. The zero-order valence-corrected chi connectivity index (χ0v) is 25.3. The Morgan fingerprint density at radius 1 is 1.02 bits per heavy atom. The standard InChI is InChI=1S/C31H37F2N3O5S2/c32-31(33)28(39)25(19-37)41-29(31)36-17-15-26(35-30(36)40)34-27(38)14-8-7-13-24(43-21-23-11-5-2-6-12-23)16-18-42-20-22-9-3-1-4-10-22/h1-6,9-12,15,17,24-25,28-29,37,39H,7-8,13-14,16,18-21H2,(H,34,35,38,40). The van der Waals surface area contributed by atoms with Crippen LogP contribution < -0.4 is 11.0 Å². The first-order valence-electron chi connectivity index (χ1n) is 14.3. The summed E-state index contributed by atoms with van der Waals surface area (Å²) in [7, 11) is 0. The highest BCUT2D eigenvalue weighted by Gasteiger charge is 2.59. The Morgan fingerprint density at radius 2 is 1.70 bits per heavy atom. The Morgan fingerprint density at radius 3 is 2.33 bits per heavy atom. The highest BCUT2D eigenvalue weighted by molar-refractivity contribution is 7.99. The highest BCUT2D eigenvalue weighted by atomic mass is 32.2. The number of aliphatic hydroxyl groups is 2. The number of aromatic nitrogens is 2. The van der Waals surface area contributed by atoms with Crippen molar-refractivity contribution in [3.63, 3.8) is 0 Å². The van der Waals surface area contributed by atoms with Crippen LogP contribution in [0.25, 0.3) is 0 Å². The van der Waals surface area contributed by atoms with Crippen molar-refractivity contribution in [2.45, 2.75) is 73.2 Å². The predicted octanol–water partition coefficient (Wildman–Crippen LogP) is 5.25. The number of benzene rings is 2. The van der Waals surface area contributed by atoms with Crippen LogP contribution in [0.2, 0.25) is 0 Å². The molecule has 1 aliphatic heterocycles. The van der Waals surface area contributed by atoms with Crippen molar-refractivity contribution >= 4 is 35.2 Å². The van der Waals surface area contributed by atoms with Crippen LogP contribution in [0.1, 0.15) is 49.5 Å². The minimum absolute atomic E-state index is 0.0569. The zero-order chi connectivity index (χ0) is 30.7. The number of nitrogens with zero attached hydrogens (tertiary/aromatic N) is 2. The number of unbranched alkanes of at least 4 members (excludes halogenated alkanes) is 1. The van der Waals surface area contributed by atoms with E-state index < -0.39 is 36.7 Å². The minimum Gasteiger partial charge on any atom is -0.394 e. The maximum Gasteiger partial charge on any atom is 0.351 e. The minimum atomic E-state index is -3.80. The van der Waals surface area contributed by atoms with Crippen LogP contribution in [-0.2, 0) is 21.0 Å². The van der Waals surface area contributed by atoms with Crippen LogP contribution in [0.3, 0.4) is 0 Å². The lowest BCUT2D eigenvalue weighted by molar-refractivity contribution is -0.141. The summed E-state index contributed by atoms with van der Waals surface area (Å²) in [6, 6.07) is 22.0. The third-order valence-corrected chi connectivity index (χ3v) is 9.62. The fourth-order valence-corrected chi connectivity index (χ4v) is 7.13. The van der Waals surface area contributed by atoms with Crippen molar-refractivity contribution in [3.05, 3.63) is 94.5 Å². The lowest BCUT2D eigenvalue weighted by Gasteiger charge is -2.21. The predicted molar refractivity (Wildman–Crippen MR) is 166 cm³/mol. The molecule has 4 atom stereocenters. The van der Waals surface area contributed by atoms with Gasteiger partial charge in [-0.3, -0.25) is 9.36 Å². The van der Waals surface area contributed by atoms with Crippen molar-refractivity contribution < 1.29 is 28.5 Å². The average molecular weight is 634 g/mol. The van der Waals surface area contributed by atoms with Gasteiger partial charge in [0.05, 0.1) is 6.61 Å². The molecule has 4 rings (SSSR count). The van der Waals surface area contributed by atoms with Crippen LogP contribution in [0, 0.1) is 0 Å². The quantitative estimate of drug-likeness (QED) is 0.183. The number of alkyl halides is 2. The molecule has 8 nitrogen and oxygen atoms in total. The van der Waals surface area contributed by atoms with Crippen molar-refractivity contribution in [1.29, 1.82) is 0 Å². The summed E-state index contributed by atoms with van der Waals surface area (Å²) in [5.41, 5.74) is 1.53. The van der Waals surface area contributed by atoms with Gasteiger partial charge in [-0.05, 0) is 42.2 Å². The molecule has 0 radical (unpaired) electrons. The average Bonchev–Trinajstić information content (AvgIpc) is 3.24. The third-order valence-electron chi connectivity index (χ3n) is 7.11. The molecule has 1 saturated heterocycles. The molecule has 2 heterocycles. The molecular formula is C31H37F2N3O5S2. The smallest absolute Gasteiger partial charge is 0.351 e. The number of thioether (sulfide) groups is 2. The van der Waals surface area contributed by atoms with Crippen molar-refractivity contribution in [1.82, 2.24) is 9.55 Å². The summed E-state index contributed by atoms with van der Waals surface area (Å²) in [6.45, 7) is -0.830. The number of hydrogen-bond acceptors (Lipinski definition) is 8. The van der Waals surface area contributed by atoms with Gasteiger partial charge >= 0.3 is 11.6 Å². The first-order chi connectivity index (χ1) is 20.8. The molecule has 232 valence electrons. The van der Waals surface area contributed by atoms with Crippen LogP contribution in [0.15, 0.2) is 77.7 Å². The van der Waals surface area contributed by atoms with Gasteiger partial charge in [-0.15, -0.1) is 0 Å². The van der Waals surface area contributed by atoms with Gasteiger partial charge in [-0.1, -0.05) is 67.1 Å². The number of carbonyl (C=O) groups excluding carboxylic acids is 1. The maximum absolute atomic E-state index is 14.4. The van der Waals surface area contributed by atoms with Gasteiger partial charge in [0.15, 0.2) is 6.10 Å². The Hall–Kier alpha value is -2.77. The summed E-state index contributed by atoms with van der Waals surface area (Å²) in [4.78, 5) is 28.6. The Labute approximate surface area is 258 Å². The number of ether oxygens (including phenoxy) is 1. The van der Waals surface area contributed by atoms with Crippen molar-refractivity contribution in [2.75, 3.05) is 17.7 Å². The van der Waals surface area contributed by atoms with E-state index >= 15 is 0 Å². The largest absolute Gasteiger partial charge is 0.394 e. The molecule has 0 saturated carbocycles. The molecule has 12 heteroatoms. The Balaban J connectivity index is 1.23. The fourth-order valence-electron chi connectivity index (χ4n) is 4.72. The molecule has 4 unspecified atom stereocenters. The number of aliphatic hydroxyl groups excluding tert-OH is 2. The lowest BCUT2D eigenvalue weighted by Crippen LogP contribution is -2.41. The van der Waals surface area contributed by atoms with E-state index in [1.54, 1.807) is 0 Å².